The van der Waals surface area contributed by atoms with Gasteiger partial charge in [0.05, 0.1) is 0 Å². The zero-order chi connectivity index (χ0) is 11.8. The lowest BCUT2D eigenvalue weighted by atomic mass is 10.1. The van der Waals surface area contributed by atoms with Crippen LogP contribution in [0.3, 0.4) is 0 Å². The van der Waals surface area contributed by atoms with E-state index >= 15 is 0 Å². The predicted octanol–water partition coefficient (Wildman–Crippen LogP) is 1.90. The number of aromatic nitrogens is 1. The third-order valence-corrected chi connectivity index (χ3v) is 2.91. The predicted molar refractivity (Wildman–Crippen MR) is 68.3 cm³/mol. The highest BCUT2D eigenvalue weighted by molar-refractivity contribution is 5.09. The minimum Gasteiger partial charge on any atom is -0.315 e. The van der Waals surface area contributed by atoms with Crippen LogP contribution in [0.25, 0.3) is 0 Å². The molecule has 0 radical (unpaired) electrons. The summed E-state index contributed by atoms with van der Waals surface area (Å²) in [6.07, 6.45) is 4.89. The lowest BCUT2D eigenvalue weighted by Crippen LogP contribution is -2.39. The maximum absolute atomic E-state index is 4.04. The molecule has 3 heteroatoms. The van der Waals surface area contributed by atoms with Crippen LogP contribution in [0.15, 0.2) is 24.5 Å². The number of hydrogen-bond donors (Lipinski definition) is 1. The number of likely N-dealkylation sites (N-methyl/N-ethyl adjacent to an activating group) is 2. The molecule has 0 saturated heterocycles. The van der Waals surface area contributed by atoms with Gasteiger partial charge >= 0.3 is 0 Å². The second kappa shape index (κ2) is 7.36. The molecule has 1 aromatic rings. The molecule has 1 heterocycles. The zero-order valence-corrected chi connectivity index (χ0v) is 10.6. The van der Waals surface area contributed by atoms with Crippen LogP contribution in [-0.2, 0) is 6.54 Å². The van der Waals surface area contributed by atoms with Gasteiger partial charge in [-0.1, -0.05) is 13.8 Å². The SMILES string of the molecule is CCNCC(CC)N(C)Cc1ccncc1. The Labute approximate surface area is 98.9 Å². The van der Waals surface area contributed by atoms with Crippen LogP contribution in [0.1, 0.15) is 25.8 Å². The molecule has 16 heavy (non-hydrogen) atoms. The largest absolute Gasteiger partial charge is 0.315 e. The highest BCUT2D eigenvalue weighted by Gasteiger charge is 2.11. The van der Waals surface area contributed by atoms with Gasteiger partial charge in [-0.2, -0.15) is 0 Å². The lowest BCUT2D eigenvalue weighted by molar-refractivity contribution is 0.222. The van der Waals surface area contributed by atoms with E-state index in [0.29, 0.717) is 6.04 Å². The molecule has 1 atom stereocenters. The van der Waals surface area contributed by atoms with Crippen LogP contribution in [0.2, 0.25) is 0 Å². The summed E-state index contributed by atoms with van der Waals surface area (Å²) in [6.45, 7) is 7.49. The highest BCUT2D eigenvalue weighted by Crippen LogP contribution is 2.07. The number of hydrogen-bond acceptors (Lipinski definition) is 3. The molecule has 1 aromatic heterocycles. The normalized spacial score (nSPS) is 13.0. The van der Waals surface area contributed by atoms with Crippen LogP contribution >= 0.6 is 0 Å². The zero-order valence-electron chi connectivity index (χ0n) is 10.6. The minimum absolute atomic E-state index is 0.605. The van der Waals surface area contributed by atoms with E-state index < -0.39 is 0 Å². The number of nitrogens with zero attached hydrogens (tertiary/aromatic N) is 2. The topological polar surface area (TPSA) is 28.2 Å². The molecule has 1 unspecified atom stereocenters. The lowest BCUT2D eigenvalue weighted by Gasteiger charge is -2.27. The van der Waals surface area contributed by atoms with E-state index in [4.69, 9.17) is 0 Å². The van der Waals surface area contributed by atoms with E-state index in [0.717, 1.165) is 19.6 Å². The van der Waals surface area contributed by atoms with Crippen molar-refractivity contribution in [3.05, 3.63) is 30.1 Å². The van der Waals surface area contributed by atoms with E-state index in [1.165, 1.54) is 12.0 Å². The summed E-state index contributed by atoms with van der Waals surface area (Å²) in [7, 11) is 2.19. The van der Waals surface area contributed by atoms with Crippen LogP contribution < -0.4 is 5.32 Å². The average molecular weight is 221 g/mol. The average Bonchev–Trinajstić information content (AvgIpc) is 2.31. The first-order valence-corrected chi connectivity index (χ1v) is 6.07. The van der Waals surface area contributed by atoms with Gasteiger partial charge < -0.3 is 5.32 Å². The molecule has 0 aromatic carbocycles. The molecule has 0 aliphatic heterocycles. The van der Waals surface area contributed by atoms with E-state index in [2.05, 4.69) is 48.2 Å². The highest BCUT2D eigenvalue weighted by atomic mass is 15.1. The molecule has 1 rings (SSSR count). The first-order chi connectivity index (χ1) is 7.77. The first kappa shape index (κ1) is 13.1. The Bertz CT molecular complexity index is 274. The molecule has 0 saturated carbocycles. The van der Waals surface area contributed by atoms with Gasteiger partial charge in [-0.25, -0.2) is 0 Å². The number of pyridine rings is 1. The van der Waals surface area contributed by atoms with Gasteiger partial charge in [0.2, 0.25) is 0 Å². The molecule has 0 spiro atoms. The summed E-state index contributed by atoms with van der Waals surface area (Å²) in [6, 6.07) is 4.76. The Morgan fingerprint density at radius 2 is 2.00 bits per heavy atom. The van der Waals surface area contributed by atoms with Crippen molar-refractivity contribution in [3.8, 4) is 0 Å². The second-order valence-corrected chi connectivity index (χ2v) is 4.14. The van der Waals surface area contributed by atoms with Crippen molar-refractivity contribution < 1.29 is 0 Å². The van der Waals surface area contributed by atoms with Crippen molar-refractivity contribution in [3.63, 3.8) is 0 Å². The summed E-state index contributed by atoms with van der Waals surface area (Å²) in [5.74, 6) is 0. The monoisotopic (exact) mass is 221 g/mol. The van der Waals surface area contributed by atoms with Crippen molar-refractivity contribution in [2.24, 2.45) is 0 Å². The Morgan fingerprint density at radius 3 is 2.56 bits per heavy atom. The molecule has 1 N–H and O–H groups in total. The molecule has 0 aliphatic rings. The standard InChI is InChI=1S/C13H23N3/c1-4-13(10-14-5-2)16(3)11-12-6-8-15-9-7-12/h6-9,13-14H,4-5,10-11H2,1-3H3. The van der Waals surface area contributed by atoms with E-state index in [9.17, 15) is 0 Å². The van der Waals surface area contributed by atoms with E-state index in [1.807, 2.05) is 12.4 Å². The fourth-order valence-electron chi connectivity index (χ4n) is 1.83. The van der Waals surface area contributed by atoms with Gasteiger partial charge in [0.15, 0.2) is 0 Å². The Morgan fingerprint density at radius 1 is 1.31 bits per heavy atom. The molecule has 0 bridgehead atoms. The number of nitrogens with one attached hydrogen (secondary N) is 1. The fraction of sp³-hybridized carbons (Fsp3) is 0.615. The van der Waals surface area contributed by atoms with Crippen molar-refractivity contribution in [1.82, 2.24) is 15.2 Å². The fourth-order valence-corrected chi connectivity index (χ4v) is 1.83. The molecule has 90 valence electrons. The maximum Gasteiger partial charge on any atom is 0.0271 e. The van der Waals surface area contributed by atoms with Gasteiger partial charge in [-0.3, -0.25) is 9.88 Å². The van der Waals surface area contributed by atoms with Crippen molar-refractivity contribution in [2.75, 3.05) is 20.1 Å². The smallest absolute Gasteiger partial charge is 0.0271 e. The van der Waals surface area contributed by atoms with Crippen LogP contribution in [-0.4, -0.2) is 36.1 Å². The summed E-state index contributed by atoms with van der Waals surface area (Å²) >= 11 is 0. The molecular weight excluding hydrogens is 198 g/mol. The van der Waals surface area contributed by atoms with Crippen LogP contribution in [0, 0.1) is 0 Å². The molecule has 0 aliphatic carbocycles. The van der Waals surface area contributed by atoms with Gasteiger partial charge in [0.25, 0.3) is 0 Å². The van der Waals surface area contributed by atoms with Crippen LogP contribution in [0.4, 0.5) is 0 Å². The Kier molecular flexibility index (Phi) is 6.04. The summed E-state index contributed by atoms with van der Waals surface area (Å²) in [5.41, 5.74) is 1.33. The third kappa shape index (κ3) is 4.29. The van der Waals surface area contributed by atoms with Gasteiger partial charge in [0, 0.05) is 31.5 Å². The van der Waals surface area contributed by atoms with Crippen LogP contribution in [0.5, 0.6) is 0 Å². The molecule has 0 fully saturated rings. The van der Waals surface area contributed by atoms with Gasteiger partial charge in [-0.15, -0.1) is 0 Å². The van der Waals surface area contributed by atoms with Gasteiger partial charge in [0.1, 0.15) is 0 Å². The summed E-state index contributed by atoms with van der Waals surface area (Å²) in [4.78, 5) is 6.44. The van der Waals surface area contributed by atoms with E-state index in [-0.39, 0.29) is 0 Å². The number of rotatable bonds is 7. The first-order valence-electron chi connectivity index (χ1n) is 6.07. The molecule has 0 amide bonds. The van der Waals surface area contributed by atoms with Crippen molar-refractivity contribution >= 4 is 0 Å². The summed E-state index contributed by atoms with van der Waals surface area (Å²) < 4.78 is 0. The van der Waals surface area contributed by atoms with E-state index in [1.54, 1.807) is 0 Å². The van der Waals surface area contributed by atoms with Gasteiger partial charge in [-0.05, 0) is 37.7 Å². The quantitative estimate of drug-likeness (QED) is 0.762. The second-order valence-electron chi connectivity index (χ2n) is 4.14. The Hall–Kier alpha value is -0.930. The Balaban J connectivity index is 2.46. The molecule has 3 nitrogen and oxygen atoms in total. The van der Waals surface area contributed by atoms with Crippen molar-refractivity contribution in [1.29, 1.82) is 0 Å². The van der Waals surface area contributed by atoms with Crippen molar-refractivity contribution in [2.45, 2.75) is 32.9 Å². The maximum atomic E-state index is 4.04. The summed E-state index contributed by atoms with van der Waals surface area (Å²) in [5, 5.41) is 3.41. The third-order valence-electron chi connectivity index (χ3n) is 2.91. The minimum atomic E-state index is 0.605. The molecular formula is C13H23N3.